The summed E-state index contributed by atoms with van der Waals surface area (Å²) in [6.45, 7) is 5.43. The number of piperidine rings is 2. The van der Waals surface area contributed by atoms with E-state index in [4.69, 9.17) is 5.10 Å². The zero-order valence-corrected chi connectivity index (χ0v) is 33.5. The van der Waals surface area contributed by atoms with Crippen molar-refractivity contribution >= 4 is 45.3 Å². The first-order valence-electron chi connectivity index (χ1n) is 21.1. The normalized spacial score (nSPS) is 23.7. The van der Waals surface area contributed by atoms with E-state index in [2.05, 4.69) is 55.6 Å². The van der Waals surface area contributed by atoms with Crippen molar-refractivity contribution in [3.63, 3.8) is 0 Å². The molecule has 3 N–H and O–H groups in total. The van der Waals surface area contributed by atoms with Crippen LogP contribution in [0.2, 0.25) is 0 Å². The number of nitrogens with zero attached hydrogens (tertiary/aromatic N) is 6. The number of nitrogens with one attached hydrogen (secondary N) is 2. The fourth-order valence-electron chi connectivity index (χ4n) is 10.1. The predicted molar refractivity (Wildman–Crippen MR) is 218 cm³/mol. The molecule has 3 aliphatic heterocycles. The van der Waals surface area contributed by atoms with Crippen LogP contribution in [0.25, 0.3) is 21.9 Å². The van der Waals surface area contributed by atoms with Gasteiger partial charge in [-0.15, -0.1) is 0 Å². The lowest BCUT2D eigenvalue weighted by Gasteiger charge is -2.34. The maximum Gasteiger partial charge on any atom is 0.329 e. The SMILES string of the molecule is Cn1c(=O)n(C2CCC(=O)NC2=O)c2ccc(CCCN3CC[C@@H]4CN(c5ccc6cn(C7CCC(CNC(=O)c8cc(F)c(O)c(F)c8F)CC7)nc6c5)C[C@H]4C3)cc21. The molecule has 3 atom stereocenters. The van der Waals surface area contributed by atoms with E-state index in [-0.39, 0.29) is 36.5 Å². The van der Waals surface area contributed by atoms with Crippen molar-refractivity contribution in [1.82, 2.24) is 34.4 Å². The molecule has 0 bridgehead atoms. The van der Waals surface area contributed by atoms with Crippen LogP contribution in [0.5, 0.6) is 5.75 Å². The summed E-state index contributed by atoms with van der Waals surface area (Å²) in [6, 6.07) is 12.6. The van der Waals surface area contributed by atoms with Crippen LogP contribution < -0.4 is 21.2 Å². The molecule has 0 spiro atoms. The van der Waals surface area contributed by atoms with Crippen LogP contribution in [0.15, 0.2) is 53.5 Å². The molecular formula is C44H49F3N8O5. The van der Waals surface area contributed by atoms with E-state index >= 15 is 0 Å². The number of rotatable bonds is 10. The van der Waals surface area contributed by atoms with Crippen LogP contribution >= 0.6 is 0 Å². The highest BCUT2D eigenvalue weighted by atomic mass is 19.2. The number of hydrogen-bond acceptors (Lipinski definition) is 8. The number of hydrogen-bond donors (Lipinski definition) is 3. The molecule has 16 heteroatoms. The summed E-state index contributed by atoms with van der Waals surface area (Å²) in [5, 5.41) is 20.3. The number of imide groups is 1. The van der Waals surface area contributed by atoms with Gasteiger partial charge in [-0.05, 0) is 124 Å². The fourth-order valence-corrected chi connectivity index (χ4v) is 10.1. The first-order valence-corrected chi connectivity index (χ1v) is 21.1. The third-order valence-electron chi connectivity index (χ3n) is 13.5. The Morgan fingerprint density at radius 1 is 0.917 bits per heavy atom. The number of carbonyl (C=O) groups is 3. The molecule has 3 aromatic carbocycles. The quantitative estimate of drug-likeness (QED) is 0.126. The van der Waals surface area contributed by atoms with E-state index in [1.807, 2.05) is 12.1 Å². The molecule has 13 nitrogen and oxygen atoms in total. The number of aryl methyl sites for hydroxylation is 2. The number of aromatic nitrogens is 4. The van der Waals surface area contributed by atoms with E-state index in [9.17, 15) is 37.5 Å². The Morgan fingerprint density at radius 2 is 1.72 bits per heavy atom. The second-order valence-electron chi connectivity index (χ2n) is 17.2. The zero-order chi connectivity index (χ0) is 41.8. The molecular weight excluding hydrogens is 778 g/mol. The summed E-state index contributed by atoms with van der Waals surface area (Å²) in [4.78, 5) is 55.0. The summed E-state index contributed by atoms with van der Waals surface area (Å²) in [6.07, 6.45) is 8.98. The predicted octanol–water partition coefficient (Wildman–Crippen LogP) is 5.34. The number of imidazole rings is 1. The first kappa shape index (κ1) is 39.8. The molecule has 1 saturated carbocycles. The molecule has 5 aromatic rings. The van der Waals surface area contributed by atoms with Gasteiger partial charge in [0.2, 0.25) is 17.6 Å². The van der Waals surface area contributed by atoms with Crippen LogP contribution in [-0.4, -0.2) is 85.9 Å². The molecule has 9 rings (SSSR count). The van der Waals surface area contributed by atoms with Gasteiger partial charge in [0.25, 0.3) is 5.91 Å². The smallest absolute Gasteiger partial charge is 0.329 e. The summed E-state index contributed by atoms with van der Waals surface area (Å²) < 4.78 is 46.8. The van der Waals surface area contributed by atoms with Gasteiger partial charge in [0, 0.05) is 56.9 Å². The van der Waals surface area contributed by atoms with Gasteiger partial charge in [0.15, 0.2) is 17.4 Å². The number of amides is 3. The zero-order valence-electron chi connectivity index (χ0n) is 33.5. The molecule has 3 saturated heterocycles. The number of likely N-dealkylation sites (tertiary alicyclic amines) is 1. The standard InChI is InChI=1S/C44H49F3N8O5/c1-51-37-17-25(6-11-35(37)55(44(51)60)36-12-13-38(56)49-43(36)59)3-2-15-52-16-14-27-22-53(23-29(27)21-52)31-10-7-28-24-54(50-34(28)18-31)30-8-4-26(5-9-30)20-48-42(58)32-19-33(45)41(57)40(47)39(32)46/h6-7,10-11,17-19,24,26-27,29-30,36,57H,2-5,8-9,12-16,20-23H2,1H3,(H,48,58)(H,49,56,59)/t26?,27-,29-,30?,36?/m1/s1. The van der Waals surface area contributed by atoms with Crippen LogP contribution in [-0.2, 0) is 23.1 Å². The lowest BCUT2D eigenvalue weighted by molar-refractivity contribution is -0.135. The molecule has 5 heterocycles. The molecule has 316 valence electrons. The molecule has 4 fully saturated rings. The Bertz CT molecular complexity index is 2560. The summed E-state index contributed by atoms with van der Waals surface area (Å²) in [5.41, 5.74) is 3.76. The number of anilines is 1. The highest BCUT2D eigenvalue weighted by Gasteiger charge is 2.37. The average molecular weight is 827 g/mol. The number of fused-ring (bicyclic) bond motifs is 3. The molecule has 1 unspecified atom stereocenters. The van der Waals surface area contributed by atoms with Crippen LogP contribution in [0.3, 0.4) is 0 Å². The molecule has 1 aliphatic carbocycles. The number of phenolic OH excluding ortho intramolecular Hbond substituents is 1. The van der Waals surface area contributed by atoms with Crippen molar-refractivity contribution in [3.8, 4) is 5.75 Å². The van der Waals surface area contributed by atoms with E-state index < -0.39 is 46.6 Å². The van der Waals surface area contributed by atoms with E-state index in [1.165, 1.54) is 10.3 Å². The number of aromatic hydroxyl groups is 1. The van der Waals surface area contributed by atoms with Gasteiger partial charge in [-0.25, -0.2) is 13.6 Å². The van der Waals surface area contributed by atoms with Gasteiger partial charge in [-0.1, -0.05) is 6.07 Å². The minimum Gasteiger partial charge on any atom is -0.503 e. The third-order valence-corrected chi connectivity index (χ3v) is 13.5. The molecule has 4 aliphatic rings. The van der Waals surface area contributed by atoms with Crippen LogP contribution in [0, 0.1) is 35.2 Å². The Morgan fingerprint density at radius 3 is 2.52 bits per heavy atom. The Hall–Kier alpha value is -5.64. The minimum absolute atomic E-state index is 0.132. The Kier molecular flexibility index (Phi) is 10.7. The molecule has 3 amide bonds. The van der Waals surface area contributed by atoms with Gasteiger partial charge >= 0.3 is 5.69 Å². The molecule has 2 aromatic heterocycles. The lowest BCUT2D eigenvalue weighted by atomic mass is 9.86. The Labute approximate surface area is 344 Å². The fraction of sp³-hybridized carbons (Fsp3) is 0.477. The monoisotopic (exact) mass is 826 g/mol. The highest BCUT2D eigenvalue weighted by Crippen LogP contribution is 2.37. The van der Waals surface area contributed by atoms with E-state index in [0.29, 0.717) is 29.8 Å². The van der Waals surface area contributed by atoms with Crippen LogP contribution in [0.4, 0.5) is 18.9 Å². The second kappa shape index (κ2) is 16.1. The van der Waals surface area contributed by atoms with Crippen molar-refractivity contribution in [2.75, 3.05) is 44.2 Å². The summed E-state index contributed by atoms with van der Waals surface area (Å²) in [5.74, 6) is -6.46. The number of phenols is 1. The second-order valence-corrected chi connectivity index (χ2v) is 17.2. The molecule has 60 heavy (non-hydrogen) atoms. The van der Waals surface area contributed by atoms with Gasteiger partial charge in [0.05, 0.1) is 28.2 Å². The third kappa shape index (κ3) is 7.54. The van der Waals surface area contributed by atoms with Crippen molar-refractivity contribution in [3.05, 3.63) is 87.7 Å². The van der Waals surface area contributed by atoms with Crippen molar-refractivity contribution in [2.45, 2.75) is 69.9 Å². The van der Waals surface area contributed by atoms with Gasteiger partial charge in [-0.3, -0.25) is 33.5 Å². The molecule has 0 radical (unpaired) electrons. The van der Waals surface area contributed by atoms with Crippen molar-refractivity contribution < 1.29 is 32.7 Å². The topological polar surface area (TPSA) is 147 Å². The van der Waals surface area contributed by atoms with Crippen molar-refractivity contribution in [1.29, 1.82) is 0 Å². The summed E-state index contributed by atoms with van der Waals surface area (Å²) in [7, 11) is 1.73. The van der Waals surface area contributed by atoms with Crippen molar-refractivity contribution in [2.24, 2.45) is 24.8 Å². The number of carbonyl (C=O) groups excluding carboxylic acids is 3. The minimum atomic E-state index is -1.78. The van der Waals surface area contributed by atoms with Gasteiger partial charge in [-0.2, -0.15) is 9.49 Å². The van der Waals surface area contributed by atoms with E-state index in [1.54, 1.807) is 11.6 Å². The van der Waals surface area contributed by atoms with E-state index in [0.717, 1.165) is 99.7 Å². The highest BCUT2D eigenvalue weighted by molar-refractivity contribution is 6.00. The first-order chi connectivity index (χ1) is 28.9. The van der Waals surface area contributed by atoms with Gasteiger partial charge in [0.1, 0.15) is 6.04 Å². The maximum absolute atomic E-state index is 14.2. The largest absolute Gasteiger partial charge is 0.503 e. The van der Waals surface area contributed by atoms with Crippen LogP contribution in [0.1, 0.15) is 79.4 Å². The summed E-state index contributed by atoms with van der Waals surface area (Å²) >= 11 is 0. The lowest BCUT2D eigenvalue weighted by Crippen LogP contribution is -2.44. The Balaban J connectivity index is 0.753. The van der Waals surface area contributed by atoms with Gasteiger partial charge < -0.3 is 20.2 Å². The average Bonchev–Trinajstić information content (AvgIpc) is 3.94. The number of benzene rings is 3. The maximum atomic E-state index is 14.2. The number of halogens is 3.